The van der Waals surface area contributed by atoms with Gasteiger partial charge in [-0.3, -0.25) is 0 Å². The Labute approximate surface area is 197 Å². The van der Waals surface area contributed by atoms with Crippen molar-refractivity contribution in [1.29, 1.82) is 0 Å². The molecule has 1 fully saturated rings. The second kappa shape index (κ2) is 9.08. The first-order chi connectivity index (χ1) is 16.1. The average Bonchev–Trinajstić information content (AvgIpc) is 2.84. The fourth-order valence-electron chi connectivity index (χ4n) is 4.16. The molecule has 1 saturated heterocycles. The van der Waals surface area contributed by atoms with Gasteiger partial charge in [0.25, 0.3) is 0 Å². The van der Waals surface area contributed by atoms with Crippen LogP contribution >= 0.6 is 11.6 Å². The predicted octanol–water partition coefficient (Wildman–Crippen LogP) is 5.61. The summed E-state index contributed by atoms with van der Waals surface area (Å²) in [6.07, 6.45) is 1.61. The molecule has 0 unspecified atom stereocenters. The molecule has 166 valence electrons. The standard InChI is InChI=1S/C26H24ClN5O/c1-18-3-2-4-22(15-18)30-26(33)32-13-11-31(12-14-32)25-23-16-20(7-10-24(23)28-17-29-25)19-5-8-21(27)9-6-19/h2-10,15-17H,11-14H2,1H3,(H,30,33). The van der Waals surface area contributed by atoms with Gasteiger partial charge in [-0.15, -0.1) is 0 Å². The number of carbonyl (C=O) groups excluding carboxylic acids is 1. The van der Waals surface area contributed by atoms with Crippen LogP contribution in [-0.4, -0.2) is 47.1 Å². The number of piperazine rings is 1. The fourth-order valence-corrected chi connectivity index (χ4v) is 4.29. The van der Waals surface area contributed by atoms with Crippen LogP contribution < -0.4 is 10.2 Å². The van der Waals surface area contributed by atoms with Crippen molar-refractivity contribution in [3.63, 3.8) is 0 Å². The molecule has 1 aliphatic rings. The number of nitrogens with one attached hydrogen (secondary N) is 1. The van der Waals surface area contributed by atoms with Gasteiger partial charge < -0.3 is 15.1 Å². The highest BCUT2D eigenvalue weighted by atomic mass is 35.5. The van der Waals surface area contributed by atoms with Crippen molar-refractivity contribution in [2.75, 3.05) is 36.4 Å². The van der Waals surface area contributed by atoms with Crippen molar-refractivity contribution in [2.24, 2.45) is 0 Å². The minimum Gasteiger partial charge on any atom is -0.352 e. The number of amides is 2. The highest BCUT2D eigenvalue weighted by molar-refractivity contribution is 6.30. The van der Waals surface area contributed by atoms with Crippen LogP contribution in [0.15, 0.2) is 73.1 Å². The van der Waals surface area contributed by atoms with Crippen LogP contribution in [0.25, 0.3) is 22.0 Å². The molecule has 0 atom stereocenters. The van der Waals surface area contributed by atoms with E-state index in [-0.39, 0.29) is 6.03 Å². The lowest BCUT2D eigenvalue weighted by Crippen LogP contribution is -2.50. The number of nitrogens with zero attached hydrogens (tertiary/aromatic N) is 4. The van der Waals surface area contributed by atoms with E-state index >= 15 is 0 Å². The summed E-state index contributed by atoms with van der Waals surface area (Å²) in [7, 11) is 0. The molecule has 0 aliphatic carbocycles. The van der Waals surface area contributed by atoms with Gasteiger partial charge >= 0.3 is 6.03 Å². The zero-order valence-corrected chi connectivity index (χ0v) is 19.1. The number of rotatable bonds is 3. The van der Waals surface area contributed by atoms with Crippen molar-refractivity contribution >= 4 is 40.0 Å². The molecule has 6 nitrogen and oxygen atoms in total. The Balaban J connectivity index is 1.33. The number of aryl methyl sites for hydroxylation is 1. The fraction of sp³-hybridized carbons (Fsp3) is 0.192. The third-order valence-corrected chi connectivity index (χ3v) is 6.18. The zero-order chi connectivity index (χ0) is 22.8. The summed E-state index contributed by atoms with van der Waals surface area (Å²) in [6, 6.07) is 21.8. The van der Waals surface area contributed by atoms with E-state index in [1.165, 1.54) is 0 Å². The molecule has 33 heavy (non-hydrogen) atoms. The molecule has 1 aliphatic heterocycles. The monoisotopic (exact) mass is 457 g/mol. The van der Waals surface area contributed by atoms with E-state index in [1.807, 2.05) is 66.4 Å². The Kier molecular flexibility index (Phi) is 5.84. The Morgan fingerprint density at radius 2 is 1.67 bits per heavy atom. The van der Waals surface area contributed by atoms with Gasteiger partial charge in [-0.2, -0.15) is 0 Å². The Morgan fingerprint density at radius 1 is 0.909 bits per heavy atom. The summed E-state index contributed by atoms with van der Waals surface area (Å²) < 4.78 is 0. The maximum atomic E-state index is 12.7. The second-order valence-electron chi connectivity index (χ2n) is 8.21. The maximum absolute atomic E-state index is 12.7. The molecule has 5 rings (SSSR count). The van der Waals surface area contributed by atoms with Gasteiger partial charge in [0, 0.05) is 42.3 Å². The van der Waals surface area contributed by atoms with Crippen LogP contribution in [-0.2, 0) is 0 Å². The van der Waals surface area contributed by atoms with Gasteiger partial charge in [0.2, 0.25) is 0 Å². The van der Waals surface area contributed by atoms with Crippen LogP contribution in [0.2, 0.25) is 5.02 Å². The third kappa shape index (κ3) is 4.61. The molecule has 2 amide bonds. The van der Waals surface area contributed by atoms with Gasteiger partial charge in [-0.1, -0.05) is 41.9 Å². The van der Waals surface area contributed by atoms with Crippen LogP contribution in [0.1, 0.15) is 5.56 Å². The number of carbonyl (C=O) groups is 1. The van der Waals surface area contributed by atoms with Crippen LogP contribution in [0.4, 0.5) is 16.3 Å². The van der Waals surface area contributed by atoms with E-state index in [0.717, 1.165) is 39.1 Å². The van der Waals surface area contributed by atoms with Crippen molar-refractivity contribution in [1.82, 2.24) is 14.9 Å². The lowest BCUT2D eigenvalue weighted by atomic mass is 10.0. The molecule has 0 saturated carbocycles. The summed E-state index contributed by atoms with van der Waals surface area (Å²) in [4.78, 5) is 25.8. The van der Waals surface area contributed by atoms with E-state index < -0.39 is 0 Å². The molecule has 3 aromatic carbocycles. The molecule has 1 aromatic heterocycles. The number of halogens is 1. The van der Waals surface area contributed by atoms with E-state index in [9.17, 15) is 4.79 Å². The van der Waals surface area contributed by atoms with Crippen molar-refractivity contribution in [3.05, 3.63) is 83.6 Å². The van der Waals surface area contributed by atoms with E-state index in [4.69, 9.17) is 11.6 Å². The molecule has 0 radical (unpaired) electrons. The number of urea groups is 1. The number of hydrogen-bond acceptors (Lipinski definition) is 4. The molecule has 0 spiro atoms. The number of benzene rings is 3. The quantitative estimate of drug-likeness (QED) is 0.434. The minimum atomic E-state index is -0.0715. The molecule has 0 bridgehead atoms. The Hall–Kier alpha value is -3.64. The largest absolute Gasteiger partial charge is 0.352 e. The third-order valence-electron chi connectivity index (χ3n) is 5.93. The first-order valence-electron chi connectivity index (χ1n) is 10.9. The predicted molar refractivity (Wildman–Crippen MR) is 134 cm³/mol. The van der Waals surface area contributed by atoms with Gasteiger partial charge in [-0.05, 0) is 60.0 Å². The summed E-state index contributed by atoms with van der Waals surface area (Å²) in [6.45, 7) is 4.68. The molecule has 7 heteroatoms. The first-order valence-corrected chi connectivity index (χ1v) is 11.3. The highest BCUT2D eigenvalue weighted by Crippen LogP contribution is 2.30. The maximum Gasteiger partial charge on any atom is 0.321 e. The highest BCUT2D eigenvalue weighted by Gasteiger charge is 2.23. The molecular weight excluding hydrogens is 434 g/mol. The van der Waals surface area contributed by atoms with Crippen LogP contribution in [0, 0.1) is 6.92 Å². The average molecular weight is 458 g/mol. The lowest BCUT2D eigenvalue weighted by molar-refractivity contribution is 0.208. The van der Waals surface area contributed by atoms with Gasteiger partial charge in [0.05, 0.1) is 5.52 Å². The van der Waals surface area contributed by atoms with E-state index in [2.05, 4.69) is 32.3 Å². The summed E-state index contributed by atoms with van der Waals surface area (Å²) in [5.41, 5.74) is 5.02. The van der Waals surface area contributed by atoms with Gasteiger partial charge in [-0.25, -0.2) is 14.8 Å². The van der Waals surface area contributed by atoms with Crippen molar-refractivity contribution in [3.8, 4) is 11.1 Å². The van der Waals surface area contributed by atoms with E-state index in [1.54, 1.807) is 6.33 Å². The van der Waals surface area contributed by atoms with E-state index in [0.29, 0.717) is 31.2 Å². The summed E-state index contributed by atoms with van der Waals surface area (Å²) in [5, 5.41) is 4.72. The summed E-state index contributed by atoms with van der Waals surface area (Å²) >= 11 is 6.05. The van der Waals surface area contributed by atoms with Crippen molar-refractivity contribution in [2.45, 2.75) is 6.92 Å². The molecule has 2 heterocycles. The molecular formula is C26H24ClN5O. The van der Waals surface area contributed by atoms with Crippen LogP contribution in [0.3, 0.4) is 0 Å². The second-order valence-corrected chi connectivity index (χ2v) is 8.65. The normalized spacial score (nSPS) is 13.9. The smallest absolute Gasteiger partial charge is 0.321 e. The van der Waals surface area contributed by atoms with Gasteiger partial charge in [0.15, 0.2) is 0 Å². The summed E-state index contributed by atoms with van der Waals surface area (Å²) in [5.74, 6) is 0.898. The number of fused-ring (bicyclic) bond motifs is 1. The minimum absolute atomic E-state index is 0.0715. The van der Waals surface area contributed by atoms with Crippen LogP contribution in [0.5, 0.6) is 0 Å². The number of aromatic nitrogens is 2. The molecule has 4 aromatic rings. The zero-order valence-electron chi connectivity index (χ0n) is 18.3. The van der Waals surface area contributed by atoms with Crippen molar-refractivity contribution < 1.29 is 4.79 Å². The Bertz CT molecular complexity index is 1300. The first kappa shape index (κ1) is 21.2. The number of hydrogen-bond donors (Lipinski definition) is 1. The Morgan fingerprint density at radius 3 is 2.42 bits per heavy atom. The lowest BCUT2D eigenvalue weighted by Gasteiger charge is -2.35. The topological polar surface area (TPSA) is 61.4 Å². The SMILES string of the molecule is Cc1cccc(NC(=O)N2CCN(c3ncnc4ccc(-c5ccc(Cl)cc5)cc34)CC2)c1. The number of anilines is 2. The van der Waals surface area contributed by atoms with Gasteiger partial charge in [0.1, 0.15) is 12.1 Å². The molecule has 1 N–H and O–H groups in total.